The van der Waals surface area contributed by atoms with Gasteiger partial charge in [-0.15, -0.1) is 11.3 Å². The molecule has 2 aromatic rings. The van der Waals surface area contributed by atoms with Gasteiger partial charge >= 0.3 is 0 Å². The highest BCUT2D eigenvalue weighted by atomic mass is 32.1. The van der Waals surface area contributed by atoms with Gasteiger partial charge in [0.1, 0.15) is 5.75 Å². The summed E-state index contributed by atoms with van der Waals surface area (Å²) >= 11 is 1.61. The number of aromatic nitrogens is 1. The van der Waals surface area contributed by atoms with E-state index in [-0.39, 0.29) is 6.04 Å². The van der Waals surface area contributed by atoms with Crippen molar-refractivity contribution >= 4 is 11.3 Å². The minimum absolute atomic E-state index is 0.129. The highest BCUT2D eigenvalue weighted by molar-refractivity contribution is 7.09. The smallest absolute Gasteiger partial charge is 0.127 e. The number of hydrogen-bond donors (Lipinski definition) is 1. The molecular formula is C13H14N2OS. The molecule has 1 atom stereocenters. The summed E-state index contributed by atoms with van der Waals surface area (Å²) in [5.74, 6) is 0.979. The molecule has 1 aliphatic heterocycles. The van der Waals surface area contributed by atoms with Crippen LogP contribution in [0.2, 0.25) is 0 Å². The lowest BCUT2D eigenvalue weighted by molar-refractivity contribution is 0.352. The van der Waals surface area contributed by atoms with Crippen LogP contribution in [0.1, 0.15) is 27.7 Å². The first-order valence-electron chi connectivity index (χ1n) is 5.67. The molecule has 17 heavy (non-hydrogen) atoms. The van der Waals surface area contributed by atoms with Crippen LogP contribution >= 0.6 is 11.3 Å². The Balaban J connectivity index is 2.05. The van der Waals surface area contributed by atoms with E-state index in [9.17, 15) is 0 Å². The van der Waals surface area contributed by atoms with Crippen LogP contribution < -0.4 is 10.5 Å². The average molecular weight is 246 g/mol. The van der Waals surface area contributed by atoms with Gasteiger partial charge in [0, 0.05) is 16.9 Å². The van der Waals surface area contributed by atoms with Crippen LogP contribution in [-0.4, -0.2) is 11.6 Å². The minimum Gasteiger partial charge on any atom is -0.493 e. The van der Waals surface area contributed by atoms with E-state index in [1.165, 1.54) is 5.56 Å². The van der Waals surface area contributed by atoms with E-state index in [1.807, 2.05) is 18.5 Å². The second-order valence-electron chi connectivity index (χ2n) is 4.21. The molecule has 4 heteroatoms. The molecule has 88 valence electrons. The number of fused-ring (bicyclic) bond motifs is 1. The van der Waals surface area contributed by atoms with Gasteiger partial charge in [-0.05, 0) is 12.5 Å². The zero-order valence-corrected chi connectivity index (χ0v) is 10.5. The number of benzene rings is 1. The summed E-state index contributed by atoms with van der Waals surface area (Å²) in [7, 11) is 0. The zero-order chi connectivity index (χ0) is 11.8. The van der Waals surface area contributed by atoms with Crippen LogP contribution in [0.4, 0.5) is 0 Å². The molecule has 1 unspecified atom stereocenters. The number of hydrogen-bond acceptors (Lipinski definition) is 4. The molecule has 0 saturated heterocycles. The first-order valence-corrected chi connectivity index (χ1v) is 6.55. The topological polar surface area (TPSA) is 48.1 Å². The highest BCUT2D eigenvalue weighted by Gasteiger charge is 2.22. The van der Waals surface area contributed by atoms with Crippen LogP contribution in [0.25, 0.3) is 0 Å². The number of thiazole rings is 1. The van der Waals surface area contributed by atoms with Crippen LogP contribution in [0.5, 0.6) is 5.75 Å². The fraction of sp³-hybridized carbons (Fsp3) is 0.308. The molecule has 2 heterocycles. The molecular weight excluding hydrogens is 232 g/mol. The number of aryl methyl sites for hydroxylation is 1. The molecule has 3 rings (SSSR count). The number of ether oxygens (including phenoxy) is 1. The lowest BCUT2D eigenvalue weighted by Gasteiger charge is -2.14. The van der Waals surface area contributed by atoms with Crippen molar-refractivity contribution in [3.8, 4) is 5.75 Å². The van der Waals surface area contributed by atoms with E-state index in [2.05, 4.69) is 17.1 Å². The van der Waals surface area contributed by atoms with Gasteiger partial charge in [-0.3, -0.25) is 0 Å². The minimum atomic E-state index is -0.129. The molecule has 1 aromatic heterocycles. The molecule has 0 radical (unpaired) electrons. The zero-order valence-electron chi connectivity index (χ0n) is 9.64. The predicted octanol–water partition coefficient (Wildman–Crippen LogP) is 2.43. The van der Waals surface area contributed by atoms with Crippen molar-refractivity contribution in [2.45, 2.75) is 19.4 Å². The van der Waals surface area contributed by atoms with Crippen molar-refractivity contribution in [1.82, 2.24) is 4.98 Å². The Morgan fingerprint density at radius 1 is 1.47 bits per heavy atom. The normalized spacial score (nSPS) is 15.4. The van der Waals surface area contributed by atoms with Crippen molar-refractivity contribution in [3.05, 3.63) is 45.4 Å². The average Bonchev–Trinajstić information content (AvgIpc) is 2.95. The Morgan fingerprint density at radius 3 is 3.12 bits per heavy atom. The maximum absolute atomic E-state index is 6.33. The third-order valence-corrected chi connectivity index (χ3v) is 4.16. The SMILES string of the molecule is Cc1ncsc1C(N)c1cccc2c1OCC2. The number of nitrogens with two attached hydrogens (primary N) is 1. The first kappa shape index (κ1) is 10.7. The summed E-state index contributed by atoms with van der Waals surface area (Å²) in [6.45, 7) is 2.76. The Morgan fingerprint density at radius 2 is 2.35 bits per heavy atom. The molecule has 3 nitrogen and oxygen atoms in total. The molecule has 0 bridgehead atoms. The summed E-state index contributed by atoms with van der Waals surface area (Å²) < 4.78 is 5.69. The molecule has 2 N–H and O–H groups in total. The maximum Gasteiger partial charge on any atom is 0.127 e. The standard InChI is InChI=1S/C13H14N2OS/c1-8-13(17-7-15-8)11(14)10-4-2-3-9-5-6-16-12(9)10/h2-4,7,11H,5-6,14H2,1H3. The molecule has 0 fully saturated rings. The fourth-order valence-corrected chi connectivity index (χ4v) is 3.06. The van der Waals surface area contributed by atoms with E-state index >= 15 is 0 Å². The lowest BCUT2D eigenvalue weighted by atomic mass is 10.0. The first-order chi connectivity index (χ1) is 8.27. The van der Waals surface area contributed by atoms with Crippen molar-refractivity contribution in [1.29, 1.82) is 0 Å². The van der Waals surface area contributed by atoms with Crippen molar-refractivity contribution < 1.29 is 4.74 Å². The summed E-state index contributed by atoms with van der Waals surface area (Å²) in [6.07, 6.45) is 0.984. The lowest BCUT2D eigenvalue weighted by Crippen LogP contribution is -2.12. The van der Waals surface area contributed by atoms with Gasteiger partial charge < -0.3 is 10.5 Å². The van der Waals surface area contributed by atoms with Gasteiger partial charge in [-0.25, -0.2) is 4.98 Å². The van der Waals surface area contributed by atoms with Crippen molar-refractivity contribution in [2.24, 2.45) is 5.73 Å². The third kappa shape index (κ3) is 1.73. The van der Waals surface area contributed by atoms with Gasteiger partial charge in [0.05, 0.1) is 23.9 Å². The number of rotatable bonds is 2. The fourth-order valence-electron chi connectivity index (χ4n) is 2.24. The summed E-state index contributed by atoms with van der Waals surface area (Å²) in [5, 5.41) is 0. The van der Waals surface area contributed by atoms with Crippen LogP contribution in [0, 0.1) is 6.92 Å². The molecule has 0 amide bonds. The summed E-state index contributed by atoms with van der Waals surface area (Å²) in [6, 6.07) is 6.08. The van der Waals surface area contributed by atoms with Crippen molar-refractivity contribution in [3.63, 3.8) is 0 Å². The largest absolute Gasteiger partial charge is 0.493 e. The summed E-state index contributed by atoms with van der Waals surface area (Å²) in [4.78, 5) is 5.37. The van der Waals surface area contributed by atoms with E-state index in [4.69, 9.17) is 10.5 Å². The van der Waals surface area contributed by atoms with E-state index in [0.29, 0.717) is 0 Å². The Bertz CT molecular complexity index is 550. The quantitative estimate of drug-likeness (QED) is 0.885. The molecule has 0 saturated carbocycles. The Labute approximate surface area is 104 Å². The molecule has 1 aromatic carbocycles. The second-order valence-corrected chi connectivity index (χ2v) is 5.10. The van der Waals surface area contributed by atoms with Gasteiger partial charge in [0.25, 0.3) is 0 Å². The second kappa shape index (κ2) is 4.13. The predicted molar refractivity (Wildman–Crippen MR) is 68.5 cm³/mol. The van der Waals surface area contributed by atoms with Crippen LogP contribution in [0.15, 0.2) is 23.7 Å². The third-order valence-electron chi connectivity index (χ3n) is 3.14. The van der Waals surface area contributed by atoms with Gasteiger partial charge in [0.2, 0.25) is 0 Å². The highest BCUT2D eigenvalue weighted by Crippen LogP contribution is 2.36. The van der Waals surface area contributed by atoms with E-state index < -0.39 is 0 Å². The Kier molecular flexibility index (Phi) is 2.61. The molecule has 1 aliphatic rings. The van der Waals surface area contributed by atoms with Gasteiger partial charge in [-0.2, -0.15) is 0 Å². The number of para-hydroxylation sites is 1. The molecule has 0 aliphatic carbocycles. The molecule has 0 spiro atoms. The van der Waals surface area contributed by atoms with Gasteiger partial charge in [0.15, 0.2) is 0 Å². The van der Waals surface area contributed by atoms with Gasteiger partial charge in [-0.1, -0.05) is 18.2 Å². The Hall–Kier alpha value is -1.39. The maximum atomic E-state index is 6.33. The van der Waals surface area contributed by atoms with Crippen LogP contribution in [0.3, 0.4) is 0 Å². The monoisotopic (exact) mass is 246 g/mol. The van der Waals surface area contributed by atoms with Crippen molar-refractivity contribution in [2.75, 3.05) is 6.61 Å². The summed E-state index contributed by atoms with van der Waals surface area (Å²) in [5.41, 5.74) is 11.5. The van der Waals surface area contributed by atoms with Crippen LogP contribution in [-0.2, 0) is 6.42 Å². The van der Waals surface area contributed by atoms with E-state index in [1.54, 1.807) is 11.3 Å². The number of nitrogens with zero attached hydrogens (tertiary/aromatic N) is 1. The van der Waals surface area contributed by atoms with E-state index in [0.717, 1.165) is 34.9 Å².